The first-order valence-corrected chi connectivity index (χ1v) is 6.84. The van der Waals surface area contributed by atoms with Crippen molar-refractivity contribution in [2.24, 2.45) is 0 Å². The second-order valence-corrected chi connectivity index (χ2v) is 5.14. The Kier molecular flexibility index (Phi) is 4.52. The van der Waals surface area contributed by atoms with Gasteiger partial charge in [-0.3, -0.25) is 4.68 Å². The molecule has 2 aromatic heterocycles. The third-order valence-electron chi connectivity index (χ3n) is 2.90. The van der Waals surface area contributed by atoms with Crippen LogP contribution >= 0.6 is 11.3 Å². The van der Waals surface area contributed by atoms with Crippen molar-refractivity contribution in [3.63, 3.8) is 0 Å². The van der Waals surface area contributed by atoms with E-state index in [0.29, 0.717) is 6.61 Å². The summed E-state index contributed by atoms with van der Waals surface area (Å²) in [6, 6.07) is 3.89. The molecule has 0 saturated carbocycles. The van der Waals surface area contributed by atoms with Crippen LogP contribution in [0.15, 0.2) is 23.7 Å². The molecule has 0 amide bonds. The third-order valence-corrected chi connectivity index (χ3v) is 3.97. The van der Waals surface area contributed by atoms with Gasteiger partial charge in [0.15, 0.2) is 0 Å². The fourth-order valence-electron chi connectivity index (χ4n) is 1.92. The van der Waals surface area contributed by atoms with Gasteiger partial charge in [0.05, 0.1) is 5.69 Å². The predicted octanol–water partition coefficient (Wildman–Crippen LogP) is 2.37. The van der Waals surface area contributed by atoms with Gasteiger partial charge >= 0.3 is 0 Å². The Bertz CT molecular complexity index is 493. The van der Waals surface area contributed by atoms with Gasteiger partial charge in [-0.25, -0.2) is 0 Å². The smallest absolute Gasteiger partial charge is 0.130 e. The number of aromatic nitrogens is 2. The molecule has 18 heavy (non-hydrogen) atoms. The molecule has 0 bridgehead atoms. The summed E-state index contributed by atoms with van der Waals surface area (Å²) < 4.78 is 6.88. The molecule has 4 nitrogen and oxygen atoms in total. The first kappa shape index (κ1) is 13.3. The van der Waals surface area contributed by atoms with Gasteiger partial charge in [-0.15, -0.1) is 11.3 Å². The number of nitrogens with zero attached hydrogens (tertiary/aromatic N) is 2. The Hall–Kier alpha value is -1.17. The van der Waals surface area contributed by atoms with Crippen molar-refractivity contribution in [2.45, 2.75) is 26.0 Å². The Morgan fingerprint density at radius 1 is 1.50 bits per heavy atom. The van der Waals surface area contributed by atoms with Crippen molar-refractivity contribution in [2.75, 3.05) is 13.7 Å². The number of aliphatic hydroxyl groups is 1. The molecule has 2 heterocycles. The summed E-state index contributed by atoms with van der Waals surface area (Å²) >= 11 is 1.58. The monoisotopic (exact) mass is 266 g/mol. The number of aliphatic hydroxyl groups excluding tert-OH is 1. The average molecular weight is 266 g/mol. The first-order valence-electron chi connectivity index (χ1n) is 5.96. The predicted molar refractivity (Wildman–Crippen MR) is 71.8 cm³/mol. The molecule has 2 aromatic rings. The Balaban J connectivity index is 2.13. The van der Waals surface area contributed by atoms with Crippen molar-refractivity contribution in [1.29, 1.82) is 0 Å². The lowest BCUT2D eigenvalue weighted by Gasteiger charge is -2.13. The zero-order chi connectivity index (χ0) is 13.0. The summed E-state index contributed by atoms with van der Waals surface area (Å²) in [6.07, 6.45) is 2.03. The highest BCUT2D eigenvalue weighted by Crippen LogP contribution is 2.29. The number of thiophene rings is 1. The molecular formula is C13H18N2O2S. The normalized spacial score (nSPS) is 12.8. The van der Waals surface area contributed by atoms with Crippen LogP contribution in [0.1, 0.15) is 28.7 Å². The molecule has 5 heteroatoms. The van der Waals surface area contributed by atoms with Crippen LogP contribution in [0.5, 0.6) is 0 Å². The van der Waals surface area contributed by atoms with Gasteiger partial charge in [0.2, 0.25) is 0 Å². The molecule has 0 fully saturated rings. The Morgan fingerprint density at radius 3 is 3.00 bits per heavy atom. The van der Waals surface area contributed by atoms with Crippen LogP contribution in [0.2, 0.25) is 0 Å². The number of aryl methyl sites for hydroxylation is 2. The lowest BCUT2D eigenvalue weighted by Crippen LogP contribution is -2.11. The van der Waals surface area contributed by atoms with Gasteiger partial charge in [0.1, 0.15) is 6.10 Å². The fourth-order valence-corrected chi connectivity index (χ4v) is 2.84. The van der Waals surface area contributed by atoms with E-state index in [9.17, 15) is 5.11 Å². The van der Waals surface area contributed by atoms with Crippen molar-refractivity contribution >= 4 is 11.3 Å². The number of methoxy groups -OCH3 is 1. The van der Waals surface area contributed by atoms with Crippen molar-refractivity contribution < 1.29 is 9.84 Å². The van der Waals surface area contributed by atoms with E-state index in [1.807, 2.05) is 29.1 Å². The van der Waals surface area contributed by atoms with Gasteiger partial charge in [-0.05, 0) is 36.4 Å². The van der Waals surface area contributed by atoms with Crippen LogP contribution in [-0.4, -0.2) is 28.6 Å². The number of hydrogen-bond acceptors (Lipinski definition) is 4. The van der Waals surface area contributed by atoms with Crippen LogP contribution in [0, 0.1) is 6.92 Å². The van der Waals surface area contributed by atoms with Crippen LogP contribution in [0.4, 0.5) is 0 Å². The van der Waals surface area contributed by atoms with Crippen LogP contribution in [0.25, 0.3) is 0 Å². The maximum absolute atomic E-state index is 10.4. The average Bonchev–Trinajstić information content (AvgIpc) is 2.97. The lowest BCUT2D eigenvalue weighted by atomic mass is 10.1. The standard InChI is InChI=1S/C13H18N2O2S/c1-10-5-9-18-13(10)12(16)11-4-6-14-15(11)7-3-8-17-2/h4-6,9,12,16H,3,7-8H2,1-2H3. The van der Waals surface area contributed by atoms with E-state index in [0.717, 1.165) is 29.1 Å². The highest BCUT2D eigenvalue weighted by molar-refractivity contribution is 7.10. The van der Waals surface area contributed by atoms with Crippen molar-refractivity contribution in [3.05, 3.63) is 39.8 Å². The molecule has 0 spiro atoms. The second-order valence-electron chi connectivity index (χ2n) is 4.20. The zero-order valence-corrected chi connectivity index (χ0v) is 11.5. The lowest BCUT2D eigenvalue weighted by molar-refractivity contribution is 0.183. The minimum absolute atomic E-state index is 0.588. The highest BCUT2D eigenvalue weighted by Gasteiger charge is 2.18. The van der Waals surface area contributed by atoms with Gasteiger partial charge in [-0.2, -0.15) is 5.10 Å². The third kappa shape index (κ3) is 2.80. The topological polar surface area (TPSA) is 47.3 Å². The van der Waals surface area contributed by atoms with Gasteiger partial charge < -0.3 is 9.84 Å². The molecule has 0 saturated heterocycles. The van der Waals surface area contributed by atoms with Crippen molar-refractivity contribution in [3.8, 4) is 0 Å². The number of hydrogen-bond donors (Lipinski definition) is 1. The number of rotatable bonds is 6. The maximum atomic E-state index is 10.4. The fraction of sp³-hybridized carbons (Fsp3) is 0.462. The van der Waals surface area contributed by atoms with E-state index in [4.69, 9.17) is 4.74 Å². The summed E-state index contributed by atoms with van der Waals surface area (Å²) in [4.78, 5) is 0.989. The van der Waals surface area contributed by atoms with Crippen LogP contribution < -0.4 is 0 Å². The molecule has 0 aliphatic heterocycles. The molecule has 0 aliphatic carbocycles. The summed E-state index contributed by atoms with van der Waals surface area (Å²) in [5, 5.41) is 16.7. The van der Waals surface area contributed by atoms with Gasteiger partial charge in [0.25, 0.3) is 0 Å². The van der Waals surface area contributed by atoms with E-state index in [2.05, 4.69) is 5.10 Å². The molecule has 0 radical (unpaired) electrons. The molecule has 98 valence electrons. The summed E-state index contributed by atoms with van der Waals surface area (Å²) in [5.41, 5.74) is 1.97. The highest BCUT2D eigenvalue weighted by atomic mass is 32.1. The van der Waals surface area contributed by atoms with Gasteiger partial charge in [-0.1, -0.05) is 0 Å². The second kappa shape index (κ2) is 6.13. The van der Waals surface area contributed by atoms with Crippen LogP contribution in [-0.2, 0) is 11.3 Å². The summed E-state index contributed by atoms with van der Waals surface area (Å²) in [7, 11) is 1.69. The van der Waals surface area contributed by atoms with E-state index < -0.39 is 6.10 Å². The minimum Gasteiger partial charge on any atom is -0.385 e. The van der Waals surface area contributed by atoms with E-state index in [-0.39, 0.29) is 0 Å². The van der Waals surface area contributed by atoms with E-state index in [1.54, 1.807) is 24.6 Å². The number of ether oxygens (including phenoxy) is 1. The minimum atomic E-state index is -0.588. The van der Waals surface area contributed by atoms with E-state index >= 15 is 0 Å². The molecular weight excluding hydrogens is 248 g/mol. The summed E-state index contributed by atoms with van der Waals surface area (Å²) in [6.45, 7) is 3.48. The molecule has 1 unspecified atom stereocenters. The zero-order valence-electron chi connectivity index (χ0n) is 10.7. The SMILES string of the molecule is COCCCn1nccc1C(O)c1sccc1C. The van der Waals surface area contributed by atoms with E-state index in [1.165, 1.54) is 0 Å². The largest absolute Gasteiger partial charge is 0.385 e. The molecule has 1 N–H and O–H groups in total. The molecule has 0 aliphatic rings. The maximum Gasteiger partial charge on any atom is 0.130 e. The Morgan fingerprint density at radius 2 is 2.33 bits per heavy atom. The molecule has 1 atom stereocenters. The Labute approximate surface area is 111 Å². The quantitative estimate of drug-likeness (QED) is 0.817. The van der Waals surface area contributed by atoms with Gasteiger partial charge in [0, 0.05) is 31.3 Å². The van der Waals surface area contributed by atoms with Crippen molar-refractivity contribution in [1.82, 2.24) is 9.78 Å². The molecule has 0 aromatic carbocycles. The first-order chi connectivity index (χ1) is 8.74. The van der Waals surface area contributed by atoms with Crippen LogP contribution in [0.3, 0.4) is 0 Å². The summed E-state index contributed by atoms with van der Waals surface area (Å²) in [5.74, 6) is 0. The molecule has 2 rings (SSSR count).